The van der Waals surface area contributed by atoms with Crippen molar-refractivity contribution in [2.24, 2.45) is 0 Å². The Kier molecular flexibility index (Phi) is 4.74. The molecule has 0 aliphatic carbocycles. The lowest BCUT2D eigenvalue weighted by Crippen LogP contribution is -2.16. The SMILES string of the molecule is CCOC(=O)c1nn(CC)cc1C#C[Si](C)(C)C. The molecule has 98 valence electrons. The molecule has 0 aliphatic heterocycles. The van der Waals surface area contributed by atoms with Crippen LogP contribution in [0.4, 0.5) is 0 Å². The summed E-state index contributed by atoms with van der Waals surface area (Å²) in [6.07, 6.45) is 1.80. The largest absolute Gasteiger partial charge is 0.461 e. The molecule has 1 aromatic heterocycles. The van der Waals surface area contributed by atoms with E-state index >= 15 is 0 Å². The number of hydrogen-bond donors (Lipinski definition) is 0. The van der Waals surface area contributed by atoms with Crippen molar-refractivity contribution in [3.8, 4) is 11.5 Å². The molecular weight excluding hydrogens is 244 g/mol. The molecular formula is C13H20N2O2Si. The summed E-state index contributed by atoms with van der Waals surface area (Å²) in [5.41, 5.74) is 4.23. The Balaban J connectivity index is 3.12. The fourth-order valence-corrected chi connectivity index (χ4v) is 1.79. The Morgan fingerprint density at radius 2 is 2.11 bits per heavy atom. The predicted octanol–water partition coefficient (Wildman–Crippen LogP) is 2.31. The van der Waals surface area contributed by atoms with Crippen molar-refractivity contribution >= 4 is 14.0 Å². The molecule has 0 fully saturated rings. The highest BCUT2D eigenvalue weighted by molar-refractivity contribution is 6.83. The van der Waals surface area contributed by atoms with Crippen molar-refractivity contribution in [2.45, 2.75) is 40.0 Å². The number of ether oxygens (including phenoxy) is 1. The van der Waals surface area contributed by atoms with Gasteiger partial charge in [-0.3, -0.25) is 4.68 Å². The first kappa shape index (κ1) is 14.5. The van der Waals surface area contributed by atoms with Gasteiger partial charge in [0.05, 0.1) is 12.2 Å². The number of aromatic nitrogens is 2. The van der Waals surface area contributed by atoms with E-state index in [9.17, 15) is 4.79 Å². The molecule has 0 atom stereocenters. The van der Waals surface area contributed by atoms with Crippen LogP contribution < -0.4 is 0 Å². The van der Waals surface area contributed by atoms with Gasteiger partial charge in [-0.1, -0.05) is 25.6 Å². The first-order valence-corrected chi connectivity index (χ1v) is 9.65. The van der Waals surface area contributed by atoms with Crippen LogP contribution in [0.15, 0.2) is 6.20 Å². The second-order valence-electron chi connectivity index (χ2n) is 4.97. The molecule has 4 nitrogen and oxygen atoms in total. The lowest BCUT2D eigenvalue weighted by molar-refractivity contribution is 0.0518. The van der Waals surface area contributed by atoms with E-state index in [-0.39, 0.29) is 0 Å². The van der Waals surface area contributed by atoms with Gasteiger partial charge in [0, 0.05) is 12.7 Å². The summed E-state index contributed by atoms with van der Waals surface area (Å²) in [4.78, 5) is 11.8. The van der Waals surface area contributed by atoms with Crippen LogP contribution in [0.25, 0.3) is 0 Å². The molecule has 0 saturated heterocycles. The summed E-state index contributed by atoms with van der Waals surface area (Å²) in [7, 11) is -1.47. The first-order valence-electron chi connectivity index (χ1n) is 6.15. The average molecular weight is 264 g/mol. The molecule has 0 amide bonds. The van der Waals surface area contributed by atoms with Crippen LogP contribution in [0, 0.1) is 11.5 Å². The summed E-state index contributed by atoms with van der Waals surface area (Å²) in [5.74, 6) is 2.68. The van der Waals surface area contributed by atoms with Gasteiger partial charge in [-0.05, 0) is 13.8 Å². The zero-order valence-corrected chi connectivity index (χ0v) is 12.7. The number of aryl methyl sites for hydroxylation is 1. The summed E-state index contributed by atoms with van der Waals surface area (Å²) in [5, 5.41) is 4.20. The average Bonchev–Trinajstić information content (AvgIpc) is 2.69. The lowest BCUT2D eigenvalue weighted by atomic mass is 10.2. The fourth-order valence-electron chi connectivity index (χ4n) is 1.28. The van der Waals surface area contributed by atoms with Gasteiger partial charge in [0.15, 0.2) is 5.69 Å². The number of carbonyl (C=O) groups is 1. The van der Waals surface area contributed by atoms with Crippen molar-refractivity contribution in [1.29, 1.82) is 0 Å². The van der Waals surface area contributed by atoms with Crippen molar-refractivity contribution in [2.75, 3.05) is 6.61 Å². The number of esters is 1. The monoisotopic (exact) mass is 264 g/mol. The summed E-state index contributed by atoms with van der Waals surface area (Å²) in [6.45, 7) is 11.3. The molecule has 18 heavy (non-hydrogen) atoms. The minimum Gasteiger partial charge on any atom is -0.461 e. The molecule has 0 bridgehead atoms. The van der Waals surface area contributed by atoms with Gasteiger partial charge >= 0.3 is 5.97 Å². The number of nitrogens with zero attached hydrogens (tertiary/aromatic N) is 2. The van der Waals surface area contributed by atoms with Crippen LogP contribution in [-0.2, 0) is 11.3 Å². The molecule has 1 aromatic rings. The second kappa shape index (κ2) is 5.87. The molecule has 1 heterocycles. The van der Waals surface area contributed by atoms with E-state index in [2.05, 4.69) is 36.2 Å². The van der Waals surface area contributed by atoms with Gasteiger partial charge in [0.2, 0.25) is 0 Å². The minimum atomic E-state index is -1.47. The van der Waals surface area contributed by atoms with E-state index in [1.807, 2.05) is 6.92 Å². The third-order valence-corrected chi connectivity index (χ3v) is 3.00. The minimum absolute atomic E-state index is 0.324. The summed E-state index contributed by atoms with van der Waals surface area (Å²) in [6, 6.07) is 0. The maximum Gasteiger partial charge on any atom is 0.360 e. The highest BCUT2D eigenvalue weighted by atomic mass is 28.3. The highest BCUT2D eigenvalue weighted by Gasteiger charge is 2.17. The maximum absolute atomic E-state index is 11.8. The van der Waals surface area contributed by atoms with E-state index in [0.29, 0.717) is 24.4 Å². The number of rotatable bonds is 3. The quantitative estimate of drug-likeness (QED) is 0.478. The van der Waals surface area contributed by atoms with Gasteiger partial charge in [-0.25, -0.2) is 4.79 Å². The molecule has 0 saturated carbocycles. The normalized spacial score (nSPS) is 10.7. The zero-order chi connectivity index (χ0) is 13.8. The van der Waals surface area contributed by atoms with E-state index in [4.69, 9.17) is 4.74 Å². The van der Waals surface area contributed by atoms with Gasteiger partial charge in [-0.2, -0.15) is 5.10 Å². The Morgan fingerprint density at radius 3 is 2.61 bits per heavy atom. The van der Waals surface area contributed by atoms with Gasteiger partial charge < -0.3 is 4.74 Å². The van der Waals surface area contributed by atoms with E-state index < -0.39 is 14.0 Å². The van der Waals surface area contributed by atoms with Crippen LogP contribution in [-0.4, -0.2) is 30.4 Å². The predicted molar refractivity (Wildman–Crippen MR) is 74.1 cm³/mol. The maximum atomic E-state index is 11.8. The Morgan fingerprint density at radius 1 is 1.44 bits per heavy atom. The number of hydrogen-bond acceptors (Lipinski definition) is 3. The summed E-state index contributed by atoms with van der Waals surface area (Å²) < 4.78 is 6.70. The Bertz CT molecular complexity index is 489. The van der Waals surface area contributed by atoms with Crippen LogP contribution in [0.5, 0.6) is 0 Å². The first-order chi connectivity index (χ1) is 8.37. The van der Waals surface area contributed by atoms with E-state index in [0.717, 1.165) is 0 Å². The second-order valence-corrected chi connectivity index (χ2v) is 9.72. The molecule has 1 rings (SSSR count). The Labute approximate surface area is 109 Å². The van der Waals surface area contributed by atoms with E-state index in [1.54, 1.807) is 17.8 Å². The van der Waals surface area contributed by atoms with E-state index in [1.165, 1.54) is 0 Å². The van der Waals surface area contributed by atoms with Crippen molar-refractivity contribution in [3.05, 3.63) is 17.5 Å². The highest BCUT2D eigenvalue weighted by Crippen LogP contribution is 2.08. The molecule has 0 spiro atoms. The third-order valence-electron chi connectivity index (χ3n) is 2.13. The molecule has 0 aliphatic rings. The van der Waals surface area contributed by atoms with Crippen LogP contribution >= 0.6 is 0 Å². The van der Waals surface area contributed by atoms with Crippen LogP contribution in [0.1, 0.15) is 29.9 Å². The molecule has 0 aromatic carbocycles. The van der Waals surface area contributed by atoms with Crippen molar-refractivity contribution in [1.82, 2.24) is 9.78 Å². The third kappa shape index (κ3) is 4.04. The van der Waals surface area contributed by atoms with Crippen LogP contribution in [0.2, 0.25) is 19.6 Å². The topological polar surface area (TPSA) is 44.1 Å². The van der Waals surface area contributed by atoms with Crippen molar-refractivity contribution in [3.63, 3.8) is 0 Å². The van der Waals surface area contributed by atoms with Gasteiger partial charge in [-0.15, -0.1) is 5.54 Å². The van der Waals surface area contributed by atoms with Crippen LogP contribution in [0.3, 0.4) is 0 Å². The van der Waals surface area contributed by atoms with Crippen molar-refractivity contribution < 1.29 is 9.53 Å². The molecule has 5 heteroatoms. The van der Waals surface area contributed by atoms with Gasteiger partial charge in [0.25, 0.3) is 0 Å². The molecule has 0 radical (unpaired) electrons. The summed E-state index contributed by atoms with van der Waals surface area (Å²) >= 11 is 0. The zero-order valence-electron chi connectivity index (χ0n) is 11.7. The smallest absolute Gasteiger partial charge is 0.360 e. The molecule has 0 N–H and O–H groups in total. The standard InChI is InChI=1S/C13H20N2O2Si/c1-6-15-10-11(8-9-18(3,4)5)12(14-15)13(16)17-7-2/h10H,6-7H2,1-5H3. The lowest BCUT2D eigenvalue weighted by Gasteiger charge is -2.03. The Hall–Kier alpha value is -1.54. The van der Waals surface area contributed by atoms with Gasteiger partial charge in [0.1, 0.15) is 8.07 Å². The fraction of sp³-hybridized carbons (Fsp3) is 0.538. The molecule has 0 unspecified atom stereocenters. The number of carbonyl (C=O) groups excluding carboxylic acids is 1.